The molecule has 0 saturated heterocycles. The Hall–Kier alpha value is -1.07. The van der Waals surface area contributed by atoms with E-state index in [0.29, 0.717) is 6.04 Å². The topological polar surface area (TPSA) is 58.4 Å². The van der Waals surface area contributed by atoms with Crippen molar-refractivity contribution in [1.29, 1.82) is 0 Å². The van der Waals surface area contributed by atoms with Gasteiger partial charge >= 0.3 is 0 Å². The lowest BCUT2D eigenvalue weighted by molar-refractivity contribution is -0.116. The minimum Gasteiger partial charge on any atom is -0.368 e. The molecule has 0 atom stereocenters. The molecule has 4 nitrogen and oxygen atoms in total. The standard InChI is InChI=1S/C13H18BrN3O/c1-17(8-13(15)18)12-5-2-9(6-11(12)14)7-16-10-3-4-10/h2,5-6,10,16H,3-4,7-8H2,1H3,(H2,15,18). The number of anilines is 1. The first-order valence-electron chi connectivity index (χ1n) is 6.07. The molecule has 0 unspecified atom stereocenters. The zero-order valence-electron chi connectivity index (χ0n) is 10.4. The van der Waals surface area contributed by atoms with E-state index in [0.717, 1.165) is 16.7 Å². The first-order valence-corrected chi connectivity index (χ1v) is 6.87. The van der Waals surface area contributed by atoms with Crippen molar-refractivity contribution in [1.82, 2.24) is 5.32 Å². The third-order valence-electron chi connectivity index (χ3n) is 2.99. The van der Waals surface area contributed by atoms with Crippen LogP contribution < -0.4 is 16.0 Å². The zero-order valence-corrected chi connectivity index (χ0v) is 12.0. The van der Waals surface area contributed by atoms with E-state index >= 15 is 0 Å². The van der Waals surface area contributed by atoms with Gasteiger partial charge in [0.15, 0.2) is 0 Å². The van der Waals surface area contributed by atoms with E-state index < -0.39 is 0 Å². The summed E-state index contributed by atoms with van der Waals surface area (Å²) in [4.78, 5) is 12.7. The quantitative estimate of drug-likeness (QED) is 0.839. The number of nitrogens with one attached hydrogen (secondary N) is 1. The van der Waals surface area contributed by atoms with Crippen LogP contribution in [0, 0.1) is 0 Å². The molecule has 1 aliphatic rings. The van der Waals surface area contributed by atoms with Crippen molar-refractivity contribution in [2.45, 2.75) is 25.4 Å². The summed E-state index contributed by atoms with van der Waals surface area (Å²) in [6, 6.07) is 6.88. The Labute approximate surface area is 116 Å². The number of benzene rings is 1. The predicted molar refractivity (Wildman–Crippen MR) is 76.5 cm³/mol. The third-order valence-corrected chi connectivity index (χ3v) is 3.62. The van der Waals surface area contributed by atoms with Crippen molar-refractivity contribution in [3.8, 4) is 0 Å². The van der Waals surface area contributed by atoms with Crippen molar-refractivity contribution >= 4 is 27.5 Å². The number of primary amides is 1. The molecule has 1 saturated carbocycles. The van der Waals surface area contributed by atoms with Crippen molar-refractivity contribution in [3.63, 3.8) is 0 Å². The second kappa shape index (κ2) is 5.71. The zero-order chi connectivity index (χ0) is 13.1. The highest BCUT2D eigenvalue weighted by molar-refractivity contribution is 9.10. The van der Waals surface area contributed by atoms with Crippen LogP contribution in [0.2, 0.25) is 0 Å². The highest BCUT2D eigenvalue weighted by Crippen LogP contribution is 2.27. The lowest BCUT2D eigenvalue weighted by atomic mass is 10.2. The first kappa shape index (κ1) is 13.4. The monoisotopic (exact) mass is 311 g/mol. The number of hydrogen-bond acceptors (Lipinski definition) is 3. The molecule has 0 spiro atoms. The number of nitrogens with two attached hydrogens (primary N) is 1. The molecular weight excluding hydrogens is 294 g/mol. The minimum atomic E-state index is -0.330. The molecule has 0 aliphatic heterocycles. The lowest BCUT2D eigenvalue weighted by Crippen LogP contribution is -2.30. The minimum absolute atomic E-state index is 0.221. The fraction of sp³-hybridized carbons (Fsp3) is 0.462. The van der Waals surface area contributed by atoms with Crippen LogP contribution in [-0.4, -0.2) is 25.5 Å². The van der Waals surface area contributed by atoms with Gasteiger partial charge in [-0.05, 0) is 46.5 Å². The SMILES string of the molecule is CN(CC(N)=O)c1ccc(CNC2CC2)cc1Br. The molecule has 0 heterocycles. The van der Waals surface area contributed by atoms with Gasteiger partial charge in [0.25, 0.3) is 0 Å². The van der Waals surface area contributed by atoms with E-state index in [2.05, 4.69) is 33.4 Å². The van der Waals surface area contributed by atoms with Crippen LogP contribution >= 0.6 is 15.9 Å². The van der Waals surface area contributed by atoms with Crippen LogP contribution in [0.25, 0.3) is 0 Å². The number of likely N-dealkylation sites (N-methyl/N-ethyl adjacent to an activating group) is 1. The van der Waals surface area contributed by atoms with Gasteiger partial charge in [0, 0.05) is 24.1 Å². The van der Waals surface area contributed by atoms with Crippen LogP contribution in [0.3, 0.4) is 0 Å². The van der Waals surface area contributed by atoms with E-state index in [-0.39, 0.29) is 12.5 Å². The van der Waals surface area contributed by atoms with Gasteiger partial charge in [-0.3, -0.25) is 4.79 Å². The molecule has 5 heteroatoms. The Morgan fingerprint density at radius 1 is 1.56 bits per heavy atom. The highest BCUT2D eigenvalue weighted by atomic mass is 79.9. The van der Waals surface area contributed by atoms with Crippen LogP contribution in [-0.2, 0) is 11.3 Å². The van der Waals surface area contributed by atoms with Crippen molar-refractivity contribution in [2.75, 3.05) is 18.5 Å². The molecule has 1 fully saturated rings. The summed E-state index contributed by atoms with van der Waals surface area (Å²) < 4.78 is 0.987. The van der Waals surface area contributed by atoms with E-state index in [1.54, 1.807) is 0 Å². The summed E-state index contributed by atoms with van der Waals surface area (Å²) in [6.07, 6.45) is 2.58. The van der Waals surface area contributed by atoms with Crippen molar-refractivity contribution in [3.05, 3.63) is 28.2 Å². The summed E-state index contributed by atoms with van der Waals surface area (Å²) in [5.41, 5.74) is 7.41. The maximum absolute atomic E-state index is 10.9. The van der Waals surface area contributed by atoms with Crippen molar-refractivity contribution < 1.29 is 4.79 Å². The average Bonchev–Trinajstić information content (AvgIpc) is 3.09. The van der Waals surface area contributed by atoms with Gasteiger partial charge in [0.2, 0.25) is 5.91 Å². The first-order chi connectivity index (χ1) is 8.56. The Bertz CT molecular complexity index is 446. The molecule has 0 aromatic heterocycles. The predicted octanol–water partition coefficient (Wildman–Crippen LogP) is 1.62. The molecule has 98 valence electrons. The normalized spacial score (nSPS) is 14.6. The van der Waals surface area contributed by atoms with Crippen molar-refractivity contribution in [2.24, 2.45) is 5.73 Å². The molecular formula is C13H18BrN3O. The fourth-order valence-electron chi connectivity index (χ4n) is 1.84. The van der Waals surface area contributed by atoms with E-state index in [1.807, 2.05) is 18.0 Å². The van der Waals surface area contributed by atoms with Gasteiger partial charge in [-0.25, -0.2) is 0 Å². The third kappa shape index (κ3) is 3.71. The molecule has 3 N–H and O–H groups in total. The molecule has 1 aliphatic carbocycles. The highest BCUT2D eigenvalue weighted by Gasteiger charge is 2.20. The Kier molecular flexibility index (Phi) is 4.24. The Balaban J connectivity index is 2.01. The molecule has 2 rings (SSSR count). The smallest absolute Gasteiger partial charge is 0.236 e. The van der Waals surface area contributed by atoms with Gasteiger partial charge in [-0.15, -0.1) is 0 Å². The molecule has 0 bridgehead atoms. The molecule has 1 aromatic carbocycles. The molecule has 1 aromatic rings. The van der Waals surface area contributed by atoms with Gasteiger partial charge in [0.05, 0.1) is 12.2 Å². The number of carbonyl (C=O) groups is 1. The van der Waals surface area contributed by atoms with Gasteiger partial charge in [-0.1, -0.05) is 6.07 Å². The molecule has 18 heavy (non-hydrogen) atoms. The number of halogens is 1. The summed E-state index contributed by atoms with van der Waals surface area (Å²) in [6.45, 7) is 1.11. The Morgan fingerprint density at radius 2 is 2.28 bits per heavy atom. The van der Waals surface area contributed by atoms with E-state index in [4.69, 9.17) is 5.73 Å². The summed E-state index contributed by atoms with van der Waals surface area (Å²) in [7, 11) is 1.85. The molecule has 0 radical (unpaired) electrons. The van der Waals surface area contributed by atoms with Crippen LogP contribution in [0.5, 0.6) is 0 Å². The summed E-state index contributed by atoms with van der Waals surface area (Å²) in [5, 5.41) is 3.47. The van der Waals surface area contributed by atoms with Crippen LogP contribution in [0.1, 0.15) is 18.4 Å². The number of hydrogen-bond donors (Lipinski definition) is 2. The number of carbonyl (C=O) groups excluding carboxylic acids is 1. The number of nitrogens with zero attached hydrogens (tertiary/aromatic N) is 1. The van der Waals surface area contributed by atoms with E-state index in [1.165, 1.54) is 18.4 Å². The summed E-state index contributed by atoms with van der Waals surface area (Å²) in [5.74, 6) is -0.330. The van der Waals surface area contributed by atoms with Gasteiger partial charge in [-0.2, -0.15) is 0 Å². The van der Waals surface area contributed by atoms with Crippen LogP contribution in [0.4, 0.5) is 5.69 Å². The number of rotatable bonds is 6. The largest absolute Gasteiger partial charge is 0.368 e. The second-order valence-electron chi connectivity index (χ2n) is 4.76. The molecule has 1 amide bonds. The lowest BCUT2D eigenvalue weighted by Gasteiger charge is -2.19. The number of amides is 1. The van der Waals surface area contributed by atoms with E-state index in [9.17, 15) is 4.79 Å². The summed E-state index contributed by atoms with van der Waals surface area (Å²) >= 11 is 3.54. The van der Waals surface area contributed by atoms with Gasteiger partial charge in [0.1, 0.15) is 0 Å². The van der Waals surface area contributed by atoms with Gasteiger partial charge < -0.3 is 16.0 Å². The van der Waals surface area contributed by atoms with Crippen LogP contribution in [0.15, 0.2) is 22.7 Å². The average molecular weight is 312 g/mol. The second-order valence-corrected chi connectivity index (χ2v) is 5.62. The fourth-order valence-corrected chi connectivity index (χ4v) is 2.57. The Morgan fingerprint density at radius 3 is 2.83 bits per heavy atom. The maximum atomic E-state index is 10.9. The maximum Gasteiger partial charge on any atom is 0.236 e.